The van der Waals surface area contributed by atoms with Crippen LogP contribution in [0.2, 0.25) is 0 Å². The van der Waals surface area contributed by atoms with Gasteiger partial charge >= 0.3 is 0 Å². The Bertz CT molecular complexity index is 972. The third-order valence-electron chi connectivity index (χ3n) is 6.56. The second-order valence-corrected chi connectivity index (χ2v) is 9.05. The lowest BCUT2D eigenvalue weighted by molar-refractivity contribution is -0.127. The molecule has 31 heavy (non-hydrogen) atoms. The third kappa shape index (κ3) is 5.26. The van der Waals surface area contributed by atoms with E-state index in [-0.39, 0.29) is 17.4 Å². The first kappa shape index (κ1) is 21.4. The molecule has 0 aliphatic carbocycles. The standard InChI is InChI=1S/C26H29N3OS/c1-21(23-10-6-3-7-11-23)27-25(31)29-19-16-26(20-29)14-17-28(18-15-26)24(30)13-12-22-8-4-2-5-9-22/h2-11,21H,14-20H2,1H3,(H,27,31). The van der Waals surface area contributed by atoms with E-state index in [1.807, 2.05) is 41.3 Å². The zero-order valence-corrected chi connectivity index (χ0v) is 18.8. The zero-order valence-electron chi connectivity index (χ0n) is 18.0. The van der Waals surface area contributed by atoms with Crippen molar-refractivity contribution in [2.45, 2.75) is 32.2 Å². The van der Waals surface area contributed by atoms with Gasteiger partial charge in [0.15, 0.2) is 5.11 Å². The van der Waals surface area contributed by atoms with Gasteiger partial charge in [0.1, 0.15) is 0 Å². The highest BCUT2D eigenvalue weighted by molar-refractivity contribution is 7.80. The van der Waals surface area contributed by atoms with E-state index >= 15 is 0 Å². The molecule has 2 fully saturated rings. The number of piperidine rings is 1. The van der Waals surface area contributed by atoms with Gasteiger partial charge in [0, 0.05) is 37.7 Å². The number of benzene rings is 2. The summed E-state index contributed by atoms with van der Waals surface area (Å²) in [6.45, 7) is 5.65. The smallest absolute Gasteiger partial charge is 0.298 e. The van der Waals surface area contributed by atoms with Crippen LogP contribution in [0.5, 0.6) is 0 Å². The van der Waals surface area contributed by atoms with Crippen LogP contribution in [0, 0.1) is 17.3 Å². The van der Waals surface area contributed by atoms with Gasteiger partial charge in [-0.05, 0) is 61.5 Å². The number of hydrogen-bond acceptors (Lipinski definition) is 2. The van der Waals surface area contributed by atoms with Crippen LogP contribution in [0.3, 0.4) is 0 Å². The Kier molecular flexibility index (Phi) is 6.58. The van der Waals surface area contributed by atoms with Crippen LogP contribution in [0.15, 0.2) is 60.7 Å². The maximum absolute atomic E-state index is 12.5. The van der Waals surface area contributed by atoms with Gasteiger partial charge < -0.3 is 15.1 Å². The van der Waals surface area contributed by atoms with Crippen molar-refractivity contribution >= 4 is 23.2 Å². The molecule has 0 aromatic heterocycles. The number of rotatable bonds is 2. The normalized spacial score (nSPS) is 18.2. The maximum Gasteiger partial charge on any atom is 0.298 e. The van der Waals surface area contributed by atoms with Crippen LogP contribution in [0.4, 0.5) is 0 Å². The molecule has 0 bridgehead atoms. The van der Waals surface area contributed by atoms with E-state index in [4.69, 9.17) is 12.2 Å². The summed E-state index contributed by atoms with van der Waals surface area (Å²) in [4.78, 5) is 16.7. The number of carbonyl (C=O) groups excluding carboxylic acids is 1. The minimum Gasteiger partial charge on any atom is -0.356 e. The lowest BCUT2D eigenvalue weighted by atomic mass is 9.78. The van der Waals surface area contributed by atoms with E-state index in [9.17, 15) is 4.79 Å². The topological polar surface area (TPSA) is 35.6 Å². The van der Waals surface area contributed by atoms with Crippen molar-refractivity contribution in [3.05, 3.63) is 71.8 Å². The molecule has 2 saturated heterocycles. The molecule has 160 valence electrons. The Hall–Kier alpha value is -2.84. The monoisotopic (exact) mass is 431 g/mol. The molecule has 4 rings (SSSR count). The van der Waals surface area contributed by atoms with Crippen LogP contribution in [-0.2, 0) is 4.79 Å². The molecule has 2 aromatic carbocycles. The molecule has 0 saturated carbocycles. The van der Waals surface area contributed by atoms with Gasteiger partial charge in [-0.1, -0.05) is 54.5 Å². The summed E-state index contributed by atoms with van der Waals surface area (Å²) in [5.74, 6) is 5.72. The second kappa shape index (κ2) is 9.53. The van der Waals surface area contributed by atoms with E-state index in [2.05, 4.69) is 53.2 Å². The molecular weight excluding hydrogens is 402 g/mol. The summed E-state index contributed by atoms with van der Waals surface area (Å²) in [5.41, 5.74) is 2.37. The highest BCUT2D eigenvalue weighted by Crippen LogP contribution is 2.40. The van der Waals surface area contributed by atoms with Crippen LogP contribution in [-0.4, -0.2) is 47.0 Å². The third-order valence-corrected chi connectivity index (χ3v) is 6.94. The summed E-state index contributed by atoms with van der Waals surface area (Å²) in [7, 11) is 0. The SMILES string of the molecule is CC(NC(=S)N1CCC2(CCN(C(=O)C#Cc3ccccc3)CC2)C1)c1ccccc1. The molecule has 5 heteroatoms. The van der Waals surface area contributed by atoms with Crippen LogP contribution >= 0.6 is 12.2 Å². The Morgan fingerprint density at radius 1 is 0.968 bits per heavy atom. The van der Waals surface area contributed by atoms with Gasteiger partial charge in [0.25, 0.3) is 5.91 Å². The molecule has 2 aromatic rings. The Labute approximate surface area is 190 Å². The van der Waals surface area contributed by atoms with E-state index < -0.39 is 0 Å². The van der Waals surface area contributed by atoms with E-state index in [1.54, 1.807) is 0 Å². The summed E-state index contributed by atoms with van der Waals surface area (Å²) >= 11 is 5.72. The number of amides is 1. The first-order valence-corrected chi connectivity index (χ1v) is 11.4. The van der Waals surface area contributed by atoms with Gasteiger partial charge in [-0.2, -0.15) is 0 Å². The molecule has 1 atom stereocenters. The van der Waals surface area contributed by atoms with Crippen molar-refractivity contribution in [3.8, 4) is 11.8 Å². The van der Waals surface area contributed by atoms with E-state index in [1.165, 1.54) is 5.56 Å². The molecule has 4 nitrogen and oxygen atoms in total. The van der Waals surface area contributed by atoms with E-state index in [0.29, 0.717) is 0 Å². The van der Waals surface area contributed by atoms with Gasteiger partial charge in [0.05, 0.1) is 6.04 Å². The van der Waals surface area contributed by atoms with Gasteiger partial charge in [-0.25, -0.2) is 0 Å². The molecule has 2 aliphatic rings. The van der Waals surface area contributed by atoms with Gasteiger partial charge in [-0.3, -0.25) is 4.79 Å². The molecule has 1 unspecified atom stereocenters. The summed E-state index contributed by atoms with van der Waals surface area (Å²) < 4.78 is 0. The van der Waals surface area contributed by atoms with Crippen LogP contribution in [0.25, 0.3) is 0 Å². The highest BCUT2D eigenvalue weighted by Gasteiger charge is 2.42. The predicted molar refractivity (Wildman–Crippen MR) is 128 cm³/mol. The molecule has 2 aliphatic heterocycles. The molecule has 1 N–H and O–H groups in total. The highest BCUT2D eigenvalue weighted by atomic mass is 32.1. The average Bonchev–Trinajstić information content (AvgIpc) is 3.23. The fraction of sp³-hybridized carbons (Fsp3) is 0.385. The van der Waals surface area contributed by atoms with Gasteiger partial charge in [0.2, 0.25) is 0 Å². The average molecular weight is 432 g/mol. The Morgan fingerprint density at radius 3 is 2.19 bits per heavy atom. The largest absolute Gasteiger partial charge is 0.356 e. The number of likely N-dealkylation sites (tertiary alicyclic amines) is 2. The zero-order chi connectivity index (χ0) is 21.7. The number of thiocarbonyl (C=S) groups is 1. The number of nitrogens with one attached hydrogen (secondary N) is 1. The minimum atomic E-state index is -0.0672. The second-order valence-electron chi connectivity index (χ2n) is 8.66. The lowest BCUT2D eigenvalue weighted by Crippen LogP contribution is -2.45. The van der Waals surface area contributed by atoms with Crippen molar-refractivity contribution in [2.24, 2.45) is 5.41 Å². The van der Waals surface area contributed by atoms with Crippen molar-refractivity contribution in [1.82, 2.24) is 15.1 Å². The molecule has 2 heterocycles. The summed E-state index contributed by atoms with van der Waals surface area (Å²) in [6.07, 6.45) is 3.16. The van der Waals surface area contributed by atoms with Gasteiger partial charge in [-0.15, -0.1) is 0 Å². The fourth-order valence-corrected chi connectivity index (χ4v) is 4.86. The van der Waals surface area contributed by atoms with Crippen molar-refractivity contribution in [3.63, 3.8) is 0 Å². The first-order chi connectivity index (χ1) is 15.0. The molecule has 0 radical (unpaired) electrons. The first-order valence-electron chi connectivity index (χ1n) is 11.0. The quantitative estimate of drug-likeness (QED) is 0.576. The Morgan fingerprint density at radius 2 is 1.55 bits per heavy atom. The van der Waals surface area contributed by atoms with Crippen molar-refractivity contribution in [1.29, 1.82) is 0 Å². The van der Waals surface area contributed by atoms with Crippen LogP contribution in [0.1, 0.15) is 43.4 Å². The molecule has 1 spiro atoms. The Balaban J connectivity index is 1.28. The molecule has 1 amide bonds. The number of nitrogens with zero attached hydrogens (tertiary/aromatic N) is 2. The maximum atomic E-state index is 12.5. The minimum absolute atomic E-state index is 0.0672. The van der Waals surface area contributed by atoms with E-state index in [0.717, 1.165) is 56.1 Å². The van der Waals surface area contributed by atoms with Crippen molar-refractivity contribution < 1.29 is 4.79 Å². The summed E-state index contributed by atoms with van der Waals surface area (Å²) in [5, 5.41) is 4.33. The number of carbonyl (C=O) groups is 1. The summed E-state index contributed by atoms with van der Waals surface area (Å²) in [6, 6.07) is 20.2. The molecular formula is C26H29N3OS. The van der Waals surface area contributed by atoms with Crippen molar-refractivity contribution in [2.75, 3.05) is 26.2 Å². The predicted octanol–water partition coefficient (Wildman–Crippen LogP) is 3.99. The lowest BCUT2D eigenvalue weighted by Gasteiger charge is -2.38. The van der Waals surface area contributed by atoms with Crippen LogP contribution < -0.4 is 5.32 Å². The fourth-order valence-electron chi connectivity index (χ4n) is 4.53. The number of hydrogen-bond donors (Lipinski definition) is 1.